The lowest BCUT2D eigenvalue weighted by Crippen LogP contribution is -2.06. The van der Waals surface area contributed by atoms with Crippen LogP contribution in [-0.2, 0) is 6.42 Å². The molecule has 1 aromatic rings. The van der Waals surface area contributed by atoms with Crippen LogP contribution < -0.4 is 4.74 Å². The van der Waals surface area contributed by atoms with E-state index in [4.69, 9.17) is 4.74 Å². The fraction of sp³-hybridized carbons (Fsp3) is 0.538. The van der Waals surface area contributed by atoms with E-state index in [1.807, 2.05) is 6.07 Å². The molecule has 0 aromatic heterocycles. The molecule has 14 heavy (non-hydrogen) atoms. The number of hydrogen-bond donors (Lipinski definition) is 0. The largest absolute Gasteiger partial charge is 0.493 e. The lowest BCUT2D eigenvalue weighted by molar-refractivity contribution is 0.268. The molecule has 0 saturated heterocycles. The van der Waals surface area contributed by atoms with E-state index in [1.165, 1.54) is 12.0 Å². The molecule has 0 aliphatic carbocycles. The Hall–Kier alpha value is -0.980. The topological polar surface area (TPSA) is 9.23 Å². The van der Waals surface area contributed by atoms with Crippen molar-refractivity contribution in [2.45, 2.75) is 33.6 Å². The van der Waals surface area contributed by atoms with Crippen molar-refractivity contribution >= 4 is 0 Å². The van der Waals surface area contributed by atoms with E-state index < -0.39 is 0 Å². The minimum absolute atomic E-state index is 0.588. The highest BCUT2D eigenvalue weighted by Gasteiger charge is 2.02. The minimum atomic E-state index is 0.588. The Morgan fingerprint density at radius 2 is 1.93 bits per heavy atom. The summed E-state index contributed by atoms with van der Waals surface area (Å²) in [6.07, 6.45) is 2.27. The SMILES string of the molecule is CCCc1ccccc1OCC(C)C. The molecule has 1 rings (SSSR count). The van der Waals surface area contributed by atoms with Gasteiger partial charge in [0.25, 0.3) is 0 Å². The summed E-state index contributed by atoms with van der Waals surface area (Å²) in [5, 5.41) is 0. The van der Waals surface area contributed by atoms with Gasteiger partial charge in [0.2, 0.25) is 0 Å². The fourth-order valence-corrected chi connectivity index (χ4v) is 1.38. The second kappa shape index (κ2) is 5.69. The van der Waals surface area contributed by atoms with Crippen LogP contribution in [0.15, 0.2) is 24.3 Å². The molecule has 0 N–H and O–H groups in total. The highest BCUT2D eigenvalue weighted by Crippen LogP contribution is 2.19. The van der Waals surface area contributed by atoms with E-state index in [-0.39, 0.29) is 0 Å². The summed E-state index contributed by atoms with van der Waals surface area (Å²) in [5.74, 6) is 1.65. The normalized spacial score (nSPS) is 10.6. The lowest BCUT2D eigenvalue weighted by Gasteiger charge is -2.12. The minimum Gasteiger partial charge on any atom is -0.493 e. The van der Waals surface area contributed by atoms with Gasteiger partial charge in [-0.05, 0) is 24.0 Å². The van der Waals surface area contributed by atoms with Crippen LogP contribution in [0.5, 0.6) is 5.75 Å². The molecule has 0 aliphatic rings. The van der Waals surface area contributed by atoms with Crippen LogP contribution in [0.1, 0.15) is 32.8 Å². The zero-order valence-corrected chi connectivity index (χ0v) is 9.42. The molecule has 0 fully saturated rings. The van der Waals surface area contributed by atoms with Gasteiger partial charge in [-0.1, -0.05) is 45.4 Å². The second-order valence-corrected chi connectivity index (χ2v) is 4.06. The first-order valence-corrected chi connectivity index (χ1v) is 5.44. The monoisotopic (exact) mass is 192 g/mol. The maximum absolute atomic E-state index is 5.75. The van der Waals surface area contributed by atoms with E-state index in [2.05, 4.69) is 39.0 Å². The molecule has 0 saturated carbocycles. The Morgan fingerprint density at radius 3 is 2.57 bits per heavy atom. The molecule has 0 aliphatic heterocycles. The Balaban J connectivity index is 2.64. The predicted octanol–water partition coefficient (Wildman–Crippen LogP) is 3.67. The van der Waals surface area contributed by atoms with E-state index in [0.29, 0.717) is 5.92 Å². The van der Waals surface area contributed by atoms with Crippen LogP contribution >= 0.6 is 0 Å². The van der Waals surface area contributed by atoms with Crippen molar-refractivity contribution in [1.82, 2.24) is 0 Å². The molecule has 0 heterocycles. The summed E-state index contributed by atoms with van der Waals surface area (Å²) in [5.41, 5.74) is 1.33. The van der Waals surface area contributed by atoms with Crippen molar-refractivity contribution in [3.05, 3.63) is 29.8 Å². The van der Waals surface area contributed by atoms with Crippen LogP contribution in [0.4, 0.5) is 0 Å². The van der Waals surface area contributed by atoms with Crippen molar-refractivity contribution in [3.8, 4) is 5.75 Å². The van der Waals surface area contributed by atoms with Crippen molar-refractivity contribution in [3.63, 3.8) is 0 Å². The number of aryl methyl sites for hydroxylation is 1. The molecule has 0 bridgehead atoms. The van der Waals surface area contributed by atoms with E-state index in [0.717, 1.165) is 18.8 Å². The Kier molecular flexibility index (Phi) is 4.51. The quantitative estimate of drug-likeness (QED) is 0.691. The highest BCUT2D eigenvalue weighted by molar-refractivity contribution is 5.33. The Morgan fingerprint density at radius 1 is 1.21 bits per heavy atom. The third-order valence-corrected chi connectivity index (χ3v) is 2.06. The molecule has 0 amide bonds. The third kappa shape index (κ3) is 3.41. The van der Waals surface area contributed by atoms with Crippen LogP contribution in [0.2, 0.25) is 0 Å². The first kappa shape index (κ1) is 11.1. The van der Waals surface area contributed by atoms with E-state index in [1.54, 1.807) is 0 Å². The molecule has 1 heteroatoms. The number of benzene rings is 1. The zero-order chi connectivity index (χ0) is 10.4. The number of ether oxygens (including phenoxy) is 1. The summed E-state index contributed by atoms with van der Waals surface area (Å²) in [6, 6.07) is 8.33. The standard InChI is InChI=1S/C13H20O/c1-4-7-12-8-5-6-9-13(12)14-10-11(2)3/h5-6,8-9,11H,4,7,10H2,1-3H3. The van der Waals surface area contributed by atoms with Crippen LogP contribution in [0.25, 0.3) is 0 Å². The number of para-hydroxylation sites is 1. The molecular formula is C13H20O. The smallest absolute Gasteiger partial charge is 0.122 e. The molecule has 1 aromatic carbocycles. The van der Waals surface area contributed by atoms with Crippen molar-refractivity contribution < 1.29 is 4.74 Å². The molecule has 78 valence electrons. The molecular weight excluding hydrogens is 172 g/mol. The summed E-state index contributed by atoms with van der Waals surface area (Å²) in [7, 11) is 0. The van der Waals surface area contributed by atoms with Gasteiger partial charge in [0, 0.05) is 0 Å². The molecule has 0 unspecified atom stereocenters. The summed E-state index contributed by atoms with van der Waals surface area (Å²) < 4.78 is 5.75. The fourth-order valence-electron chi connectivity index (χ4n) is 1.38. The van der Waals surface area contributed by atoms with E-state index in [9.17, 15) is 0 Å². The highest BCUT2D eigenvalue weighted by atomic mass is 16.5. The Bertz CT molecular complexity index is 266. The van der Waals surface area contributed by atoms with Gasteiger partial charge in [-0.3, -0.25) is 0 Å². The van der Waals surface area contributed by atoms with Crippen molar-refractivity contribution in [2.24, 2.45) is 5.92 Å². The third-order valence-electron chi connectivity index (χ3n) is 2.06. The van der Waals surface area contributed by atoms with Crippen molar-refractivity contribution in [2.75, 3.05) is 6.61 Å². The number of hydrogen-bond acceptors (Lipinski definition) is 1. The van der Waals surface area contributed by atoms with Crippen molar-refractivity contribution in [1.29, 1.82) is 0 Å². The van der Waals surface area contributed by atoms with E-state index >= 15 is 0 Å². The van der Waals surface area contributed by atoms with Gasteiger partial charge >= 0.3 is 0 Å². The summed E-state index contributed by atoms with van der Waals surface area (Å²) >= 11 is 0. The maximum Gasteiger partial charge on any atom is 0.122 e. The van der Waals surface area contributed by atoms with Gasteiger partial charge < -0.3 is 4.74 Å². The molecule has 1 nitrogen and oxygen atoms in total. The number of rotatable bonds is 5. The first-order valence-electron chi connectivity index (χ1n) is 5.44. The lowest BCUT2D eigenvalue weighted by atomic mass is 10.1. The maximum atomic E-state index is 5.75. The van der Waals surface area contributed by atoms with Crippen LogP contribution in [-0.4, -0.2) is 6.61 Å². The molecule has 0 spiro atoms. The zero-order valence-electron chi connectivity index (χ0n) is 9.42. The summed E-state index contributed by atoms with van der Waals surface area (Å²) in [4.78, 5) is 0. The summed E-state index contributed by atoms with van der Waals surface area (Å²) in [6.45, 7) is 7.34. The van der Waals surface area contributed by atoms with Crippen LogP contribution in [0.3, 0.4) is 0 Å². The second-order valence-electron chi connectivity index (χ2n) is 4.06. The van der Waals surface area contributed by atoms with Gasteiger partial charge in [0.1, 0.15) is 5.75 Å². The van der Waals surface area contributed by atoms with Crippen LogP contribution in [0, 0.1) is 5.92 Å². The Labute approximate surface area is 87.1 Å². The van der Waals surface area contributed by atoms with Gasteiger partial charge in [-0.25, -0.2) is 0 Å². The van der Waals surface area contributed by atoms with Gasteiger partial charge in [-0.15, -0.1) is 0 Å². The molecule has 0 radical (unpaired) electrons. The average molecular weight is 192 g/mol. The van der Waals surface area contributed by atoms with Gasteiger partial charge in [-0.2, -0.15) is 0 Å². The molecule has 0 atom stereocenters. The predicted molar refractivity (Wildman–Crippen MR) is 60.8 cm³/mol. The average Bonchev–Trinajstić information content (AvgIpc) is 2.17. The first-order chi connectivity index (χ1) is 6.74. The van der Waals surface area contributed by atoms with Gasteiger partial charge in [0.15, 0.2) is 0 Å². The van der Waals surface area contributed by atoms with Gasteiger partial charge in [0.05, 0.1) is 6.61 Å².